The number of halogens is 1. The van der Waals surface area contributed by atoms with Gasteiger partial charge in [0.15, 0.2) is 0 Å². The van der Waals surface area contributed by atoms with E-state index in [0.29, 0.717) is 17.2 Å². The zero-order chi connectivity index (χ0) is 45.6. The number of carbonyl (C=O) groups excluding carboxylic acids is 2. The zero-order valence-corrected chi connectivity index (χ0v) is 41.0. The Bertz CT molecular complexity index is 1990. The molecule has 2 unspecified atom stereocenters. The van der Waals surface area contributed by atoms with Gasteiger partial charge in [-0.3, -0.25) is 19.1 Å². The van der Waals surface area contributed by atoms with Gasteiger partial charge in [0.2, 0.25) is 5.91 Å². The Morgan fingerprint density at radius 3 is 2.11 bits per heavy atom. The van der Waals surface area contributed by atoms with Crippen molar-refractivity contribution in [2.24, 2.45) is 22.8 Å². The third kappa shape index (κ3) is 12.3. The molecule has 2 aliphatic carbocycles. The third-order valence-corrected chi connectivity index (χ3v) is 13.7. The quantitative estimate of drug-likeness (QED) is 0.204. The predicted octanol–water partition coefficient (Wildman–Crippen LogP) is 8.89. The number of hydrogen-bond acceptors (Lipinski definition) is 10. The van der Waals surface area contributed by atoms with Gasteiger partial charge in [-0.25, -0.2) is 9.97 Å². The summed E-state index contributed by atoms with van der Waals surface area (Å²) in [6.45, 7) is 17.6. The summed E-state index contributed by atoms with van der Waals surface area (Å²) in [5.74, 6) is 3.45. The van der Waals surface area contributed by atoms with E-state index in [1.54, 1.807) is 0 Å². The van der Waals surface area contributed by atoms with Gasteiger partial charge in [-0.15, -0.1) is 0 Å². The van der Waals surface area contributed by atoms with Gasteiger partial charge in [0.25, 0.3) is 5.56 Å². The zero-order valence-electron chi connectivity index (χ0n) is 39.4. The molecule has 2 aromatic heterocycles. The maximum absolute atomic E-state index is 13.1. The van der Waals surface area contributed by atoms with E-state index < -0.39 is 0 Å². The summed E-state index contributed by atoms with van der Waals surface area (Å²) < 4.78 is 2.95. The molecule has 344 valence electrons. The second kappa shape index (κ2) is 23.8. The third-order valence-electron chi connectivity index (χ3n) is 13.0. The van der Waals surface area contributed by atoms with Crippen LogP contribution in [0.2, 0.25) is 0 Å². The van der Waals surface area contributed by atoms with E-state index in [1.165, 1.54) is 44.9 Å². The average Bonchev–Trinajstić information content (AvgIpc) is 3.81. The molecule has 5 N–H and O–H groups in total. The van der Waals surface area contributed by atoms with Crippen molar-refractivity contribution in [2.75, 3.05) is 33.7 Å². The van der Waals surface area contributed by atoms with E-state index in [4.69, 9.17) is 21.4 Å². The summed E-state index contributed by atoms with van der Waals surface area (Å²) in [4.78, 5) is 53.8. The Morgan fingerprint density at radius 2 is 1.56 bits per heavy atom. The van der Waals surface area contributed by atoms with Crippen LogP contribution >= 0.6 is 15.9 Å². The first-order valence-corrected chi connectivity index (χ1v) is 24.4. The molecule has 62 heavy (non-hydrogen) atoms. The van der Waals surface area contributed by atoms with Crippen LogP contribution in [0, 0.1) is 11.3 Å². The van der Waals surface area contributed by atoms with Crippen molar-refractivity contribution in [3.8, 4) is 5.82 Å². The van der Waals surface area contributed by atoms with Gasteiger partial charge in [0, 0.05) is 34.0 Å². The number of aldehydes is 1. The highest BCUT2D eigenvalue weighted by atomic mass is 79.9. The summed E-state index contributed by atoms with van der Waals surface area (Å²) in [6, 6.07) is 5.75. The summed E-state index contributed by atoms with van der Waals surface area (Å²) in [7, 11) is 4.11. The van der Waals surface area contributed by atoms with E-state index in [2.05, 4.69) is 62.8 Å². The van der Waals surface area contributed by atoms with Crippen molar-refractivity contribution < 1.29 is 9.59 Å². The van der Waals surface area contributed by atoms with Crippen LogP contribution < -0.4 is 22.3 Å². The minimum atomic E-state index is -0.242. The van der Waals surface area contributed by atoms with Crippen LogP contribution in [0.5, 0.6) is 0 Å². The van der Waals surface area contributed by atoms with E-state index in [-0.39, 0.29) is 34.4 Å². The van der Waals surface area contributed by atoms with Crippen molar-refractivity contribution >= 4 is 39.0 Å². The molecule has 13 heteroatoms. The lowest BCUT2D eigenvalue weighted by Gasteiger charge is -2.33. The summed E-state index contributed by atoms with van der Waals surface area (Å²) >= 11 is 3.58. The highest BCUT2D eigenvalue weighted by Crippen LogP contribution is 2.51. The molecule has 8 rings (SSSR count). The Morgan fingerprint density at radius 1 is 0.935 bits per heavy atom. The maximum Gasteiger partial charge on any atom is 0.281 e. The molecule has 2 saturated carbocycles. The van der Waals surface area contributed by atoms with Crippen LogP contribution in [0.3, 0.4) is 0 Å². The monoisotopic (exact) mass is 920 g/mol. The average molecular weight is 921 g/mol. The van der Waals surface area contributed by atoms with E-state index in [0.717, 1.165) is 116 Å². The van der Waals surface area contributed by atoms with Crippen LogP contribution in [0.4, 0.5) is 0 Å². The van der Waals surface area contributed by atoms with Gasteiger partial charge in [0.1, 0.15) is 23.8 Å². The molecule has 0 bridgehead atoms. The van der Waals surface area contributed by atoms with Crippen LogP contribution in [-0.2, 0) is 15.0 Å². The number of aromatic nitrogens is 4. The fourth-order valence-corrected chi connectivity index (χ4v) is 9.92. The van der Waals surface area contributed by atoms with Gasteiger partial charge in [-0.1, -0.05) is 99.5 Å². The molecule has 3 aromatic rings. The number of rotatable bonds is 6. The van der Waals surface area contributed by atoms with Crippen LogP contribution in [-0.4, -0.2) is 87.3 Å². The van der Waals surface area contributed by atoms with Crippen LogP contribution in [0.25, 0.3) is 16.7 Å². The summed E-state index contributed by atoms with van der Waals surface area (Å²) in [6.07, 6.45) is 22.1. The number of likely N-dealkylation sites (tertiary alicyclic amines) is 2. The highest BCUT2D eigenvalue weighted by Gasteiger charge is 2.48. The Hall–Kier alpha value is -3.68. The molecule has 2 atom stereocenters. The number of carbonyl (C=O) groups is 2. The largest absolute Gasteiger partial charge is 0.401 e. The molecular weight excluding hydrogens is 843 g/mol. The number of piperidine rings is 1. The Labute approximate surface area is 380 Å². The Kier molecular flexibility index (Phi) is 19.6. The first-order valence-electron chi connectivity index (χ1n) is 23.6. The second-order valence-electron chi connectivity index (χ2n) is 18.8. The molecule has 1 amide bonds. The first kappa shape index (κ1) is 51.0. The molecule has 5 heterocycles. The number of nitrogens with two attached hydrogens (primary N) is 2. The van der Waals surface area contributed by atoms with E-state index in [1.807, 2.05) is 71.0 Å². The lowest BCUT2D eigenvalue weighted by Crippen LogP contribution is -2.39. The van der Waals surface area contributed by atoms with Crippen molar-refractivity contribution in [2.45, 2.75) is 168 Å². The number of amides is 1. The normalized spacial score (nSPS) is 20.7. The molecule has 4 fully saturated rings. The Balaban J connectivity index is 0.000000229. The minimum absolute atomic E-state index is 0.00463. The van der Waals surface area contributed by atoms with Gasteiger partial charge in [0.05, 0.1) is 28.4 Å². The summed E-state index contributed by atoms with van der Waals surface area (Å²) in [5.41, 5.74) is 13.7. The lowest BCUT2D eigenvalue weighted by molar-refractivity contribution is -0.121. The number of likely N-dealkylation sites (N-methyl/N-ethyl adjacent to an activating group) is 1. The molecule has 5 aliphatic rings. The first-order chi connectivity index (χ1) is 29.7. The topological polar surface area (TPSA) is 165 Å². The number of fused-ring (bicyclic) bond motifs is 7. The van der Waals surface area contributed by atoms with Gasteiger partial charge in [-0.05, 0) is 124 Å². The number of nitrogens with one attached hydrogen (secondary N) is 1. The van der Waals surface area contributed by atoms with Crippen molar-refractivity contribution in [1.29, 1.82) is 0 Å². The van der Waals surface area contributed by atoms with Gasteiger partial charge >= 0.3 is 0 Å². The number of allylic oxidation sites excluding steroid dienone is 1. The molecule has 0 radical (unpaired) electrons. The van der Waals surface area contributed by atoms with E-state index in [9.17, 15) is 14.4 Å². The fourth-order valence-electron chi connectivity index (χ4n) is 9.39. The van der Waals surface area contributed by atoms with Crippen LogP contribution in [0.15, 0.2) is 45.6 Å². The van der Waals surface area contributed by atoms with E-state index >= 15 is 0 Å². The number of hydrogen-bond donors (Lipinski definition) is 3. The minimum Gasteiger partial charge on any atom is -0.401 e. The lowest BCUT2D eigenvalue weighted by atomic mass is 9.70. The number of benzene rings is 1. The van der Waals surface area contributed by atoms with Crippen molar-refractivity contribution in [1.82, 2.24) is 34.6 Å². The summed E-state index contributed by atoms with van der Waals surface area (Å²) in [5, 5.41) is 3.78. The molecular formula is C49H78BrN9O3. The maximum atomic E-state index is 13.1. The van der Waals surface area contributed by atoms with Gasteiger partial charge in [-0.2, -0.15) is 4.98 Å². The molecule has 12 nitrogen and oxygen atoms in total. The van der Waals surface area contributed by atoms with Crippen molar-refractivity contribution in [3.63, 3.8) is 0 Å². The smallest absolute Gasteiger partial charge is 0.281 e. The SMILES string of the molecule is CC.CC(C)(C)C(C=O)N/C=C(\N)C1CCCCC1.CCC.CN1CCC(c2ncc3c(n2)-n2c(nc(=O)c4c(Br)cccc42)C32CCCCC2)CC1.CN1CCCC1C(N)=O. The number of primary amides is 1. The standard InChI is InChI=1S/C24H26BrN5O.C14H26N2O.C6H12N2O.C3H8.C2H6/c1-29-12-8-15(9-13-29)20-26-14-16-21(27-20)30-18-7-5-6-17(25)19(18)22(31)28-23(30)24(16)10-3-2-4-11-24;1-14(2,3)13(10-17)16-9-12(15)11-7-5-4-6-8-11;1-8-4-2-3-5(8)6(7)9;1-3-2;1-2/h5-7,14-15H,2-4,8-13H2,1H3;9-11,13,16H,4-8,15H2,1-3H3;5H,2-4H2,1H3,(H2,7,9);3H2,1-2H3;1-2H3/b;12-9-;;;. The molecule has 1 aromatic carbocycles. The predicted molar refractivity (Wildman–Crippen MR) is 257 cm³/mol. The molecule has 3 aliphatic heterocycles. The second-order valence-corrected chi connectivity index (χ2v) is 19.6. The van der Waals surface area contributed by atoms with Crippen molar-refractivity contribution in [3.05, 3.63) is 68.3 Å². The molecule has 2 saturated heterocycles. The van der Waals surface area contributed by atoms with Gasteiger partial charge < -0.3 is 26.5 Å². The molecule has 1 spiro atoms. The fraction of sp³-hybridized carbons (Fsp3) is 0.673. The highest BCUT2D eigenvalue weighted by molar-refractivity contribution is 9.10. The van der Waals surface area contributed by atoms with Crippen LogP contribution in [0.1, 0.15) is 168 Å². The number of nitrogens with zero attached hydrogens (tertiary/aromatic N) is 6.